The Bertz CT molecular complexity index is 814. The second kappa shape index (κ2) is 6.64. The summed E-state index contributed by atoms with van der Waals surface area (Å²) in [6.07, 6.45) is 4.90. The number of pyridine rings is 1. The van der Waals surface area contributed by atoms with Gasteiger partial charge in [0.1, 0.15) is 0 Å². The third-order valence-corrected chi connectivity index (χ3v) is 5.73. The van der Waals surface area contributed by atoms with Crippen LogP contribution >= 0.6 is 0 Å². The molecule has 0 unspecified atom stereocenters. The molecule has 3 heterocycles. The summed E-state index contributed by atoms with van der Waals surface area (Å²) in [7, 11) is -3.15. The molecule has 2 aromatic rings. The largest absolute Gasteiger partial charge is 0.261 e. The maximum absolute atomic E-state index is 11.8. The summed E-state index contributed by atoms with van der Waals surface area (Å²) in [5.74, 6) is 0.142. The fourth-order valence-corrected chi connectivity index (χ4v) is 4.15. The van der Waals surface area contributed by atoms with Crippen LogP contribution in [0, 0.1) is 0 Å². The fourth-order valence-electron chi connectivity index (χ4n) is 3.24. The zero-order valence-corrected chi connectivity index (χ0v) is 15.2. The number of hydrogen-bond donors (Lipinski definition) is 0. The van der Waals surface area contributed by atoms with Crippen molar-refractivity contribution in [1.29, 1.82) is 0 Å². The smallest absolute Gasteiger partial charge is 0.211 e. The van der Waals surface area contributed by atoms with Gasteiger partial charge in [-0.15, -0.1) is 0 Å². The second-order valence-corrected chi connectivity index (χ2v) is 8.65. The summed E-state index contributed by atoms with van der Waals surface area (Å²) in [5, 5.41) is 4.37. The molecule has 1 fully saturated rings. The van der Waals surface area contributed by atoms with E-state index in [-0.39, 0.29) is 12.0 Å². The molecular weight excluding hydrogens is 324 g/mol. The van der Waals surface area contributed by atoms with E-state index >= 15 is 0 Å². The molecule has 0 aromatic carbocycles. The van der Waals surface area contributed by atoms with Gasteiger partial charge in [-0.05, 0) is 44.9 Å². The van der Waals surface area contributed by atoms with Gasteiger partial charge in [-0.1, -0.05) is 6.07 Å². The van der Waals surface area contributed by atoms with Gasteiger partial charge in [0, 0.05) is 36.9 Å². The summed E-state index contributed by atoms with van der Waals surface area (Å²) in [5.41, 5.74) is 2.83. The van der Waals surface area contributed by atoms with Gasteiger partial charge >= 0.3 is 0 Å². The highest BCUT2D eigenvalue weighted by atomic mass is 32.2. The molecule has 0 aliphatic carbocycles. The number of hydrogen-bond acceptors (Lipinski definition) is 4. The third kappa shape index (κ3) is 3.52. The highest BCUT2D eigenvalue weighted by Gasteiger charge is 2.27. The predicted molar refractivity (Wildman–Crippen MR) is 94.2 cm³/mol. The Morgan fingerprint density at radius 2 is 2.04 bits per heavy atom. The highest BCUT2D eigenvalue weighted by molar-refractivity contribution is 7.88. The third-order valence-electron chi connectivity index (χ3n) is 4.46. The Balaban J connectivity index is 1.89. The quantitative estimate of drug-likeness (QED) is 0.852. The number of nitrogens with zero attached hydrogens (tertiary/aromatic N) is 4. The molecule has 0 N–H and O–H groups in total. The molecule has 0 radical (unpaired) electrons. The van der Waals surface area contributed by atoms with Crippen LogP contribution in [-0.2, 0) is 10.0 Å². The summed E-state index contributed by atoms with van der Waals surface area (Å²) in [6, 6.07) is 8.20. The first kappa shape index (κ1) is 17.1. The molecule has 6 nitrogen and oxygen atoms in total. The predicted octanol–water partition coefficient (Wildman–Crippen LogP) is 2.67. The van der Waals surface area contributed by atoms with E-state index in [1.54, 1.807) is 10.5 Å². The zero-order valence-electron chi connectivity index (χ0n) is 14.4. The molecule has 0 amide bonds. The lowest BCUT2D eigenvalue weighted by atomic mass is 9.95. The van der Waals surface area contributed by atoms with E-state index in [0.717, 1.165) is 29.9 Å². The molecule has 0 saturated carbocycles. The zero-order chi connectivity index (χ0) is 17.3. The Hall–Kier alpha value is -1.73. The Morgan fingerprint density at radius 3 is 2.75 bits per heavy atom. The van der Waals surface area contributed by atoms with Gasteiger partial charge in [-0.25, -0.2) is 12.7 Å². The molecule has 130 valence electrons. The Kier molecular flexibility index (Phi) is 4.73. The van der Waals surface area contributed by atoms with Crippen LogP contribution < -0.4 is 0 Å². The summed E-state index contributed by atoms with van der Waals surface area (Å²) in [6.45, 7) is 5.30. The van der Waals surface area contributed by atoms with E-state index in [2.05, 4.69) is 18.9 Å². The van der Waals surface area contributed by atoms with E-state index in [4.69, 9.17) is 4.98 Å². The van der Waals surface area contributed by atoms with Crippen LogP contribution in [0.5, 0.6) is 0 Å². The lowest BCUT2D eigenvalue weighted by molar-refractivity contribution is 0.314. The topological polar surface area (TPSA) is 68.1 Å². The Morgan fingerprint density at radius 1 is 1.25 bits per heavy atom. The van der Waals surface area contributed by atoms with E-state index in [9.17, 15) is 8.42 Å². The van der Waals surface area contributed by atoms with Crippen LogP contribution in [0.15, 0.2) is 30.5 Å². The molecule has 1 aliphatic heterocycles. The molecule has 3 rings (SSSR count). The van der Waals surface area contributed by atoms with Crippen molar-refractivity contribution in [3.8, 4) is 11.4 Å². The normalized spacial score (nSPS) is 19.8. The van der Waals surface area contributed by atoms with Crippen molar-refractivity contribution in [2.24, 2.45) is 0 Å². The van der Waals surface area contributed by atoms with Gasteiger partial charge in [0.2, 0.25) is 10.0 Å². The molecule has 1 aliphatic rings. The molecular formula is C17H24N4O2S. The molecule has 7 heteroatoms. The average Bonchev–Trinajstić information content (AvgIpc) is 3.04. The minimum absolute atomic E-state index is 0.142. The molecule has 24 heavy (non-hydrogen) atoms. The SMILES string of the molecule is CC(C)n1nccc1-c1cccc([C@H]2CCCN(S(C)(=O)=O)C2)n1. The van der Waals surface area contributed by atoms with Gasteiger partial charge in [0.15, 0.2) is 0 Å². The second-order valence-electron chi connectivity index (χ2n) is 6.66. The maximum atomic E-state index is 11.8. The minimum Gasteiger partial charge on any atom is -0.261 e. The van der Waals surface area contributed by atoms with Gasteiger partial charge in [-0.2, -0.15) is 5.10 Å². The van der Waals surface area contributed by atoms with Gasteiger partial charge in [0.25, 0.3) is 0 Å². The van der Waals surface area contributed by atoms with Crippen LogP contribution in [-0.4, -0.2) is 46.8 Å². The van der Waals surface area contributed by atoms with Crippen molar-refractivity contribution in [1.82, 2.24) is 19.1 Å². The van der Waals surface area contributed by atoms with Crippen molar-refractivity contribution in [3.63, 3.8) is 0 Å². The lowest BCUT2D eigenvalue weighted by Crippen LogP contribution is -2.38. The number of piperidine rings is 1. The highest BCUT2D eigenvalue weighted by Crippen LogP contribution is 2.29. The van der Waals surface area contributed by atoms with Crippen molar-refractivity contribution in [3.05, 3.63) is 36.2 Å². The average molecular weight is 348 g/mol. The first-order valence-electron chi connectivity index (χ1n) is 8.32. The van der Waals surface area contributed by atoms with Crippen LogP contribution in [0.3, 0.4) is 0 Å². The molecule has 0 spiro atoms. The van der Waals surface area contributed by atoms with Crippen molar-refractivity contribution in [2.45, 2.75) is 38.6 Å². The first-order chi connectivity index (χ1) is 11.4. The molecule has 1 atom stereocenters. The number of rotatable bonds is 4. The molecule has 2 aromatic heterocycles. The van der Waals surface area contributed by atoms with Crippen LogP contribution in [0.4, 0.5) is 0 Å². The number of sulfonamides is 1. The standard InChI is InChI=1S/C17H24N4O2S/c1-13(2)21-17(9-10-18-21)16-8-4-7-15(19-16)14-6-5-11-20(12-14)24(3,22)23/h4,7-10,13-14H,5-6,11-12H2,1-3H3/t14-/m0/s1. The van der Waals surface area contributed by atoms with Crippen molar-refractivity contribution < 1.29 is 8.42 Å². The lowest BCUT2D eigenvalue weighted by Gasteiger charge is -2.30. The van der Waals surface area contributed by atoms with Gasteiger partial charge in [0.05, 0.1) is 17.6 Å². The van der Waals surface area contributed by atoms with Crippen LogP contribution in [0.25, 0.3) is 11.4 Å². The van der Waals surface area contributed by atoms with Crippen molar-refractivity contribution in [2.75, 3.05) is 19.3 Å². The molecule has 0 bridgehead atoms. The van der Waals surface area contributed by atoms with E-state index in [1.165, 1.54) is 6.26 Å². The van der Waals surface area contributed by atoms with Gasteiger partial charge in [-0.3, -0.25) is 9.67 Å². The number of aromatic nitrogens is 3. The van der Waals surface area contributed by atoms with E-state index < -0.39 is 10.0 Å². The summed E-state index contributed by atoms with van der Waals surface area (Å²) in [4.78, 5) is 4.82. The monoisotopic (exact) mass is 348 g/mol. The van der Waals surface area contributed by atoms with Crippen LogP contribution in [0.2, 0.25) is 0 Å². The fraction of sp³-hybridized carbons (Fsp3) is 0.529. The maximum Gasteiger partial charge on any atom is 0.211 e. The van der Waals surface area contributed by atoms with Gasteiger partial charge < -0.3 is 0 Å². The van der Waals surface area contributed by atoms with Crippen LogP contribution in [0.1, 0.15) is 44.3 Å². The minimum atomic E-state index is -3.15. The van der Waals surface area contributed by atoms with E-state index in [1.807, 2.05) is 28.9 Å². The Labute approximate surface area is 143 Å². The molecule has 1 saturated heterocycles. The summed E-state index contributed by atoms with van der Waals surface area (Å²) >= 11 is 0. The van der Waals surface area contributed by atoms with E-state index in [0.29, 0.717) is 13.1 Å². The summed E-state index contributed by atoms with van der Waals surface area (Å²) < 4.78 is 27.2. The van der Waals surface area contributed by atoms with Crippen molar-refractivity contribution >= 4 is 10.0 Å². The first-order valence-corrected chi connectivity index (χ1v) is 10.2.